The van der Waals surface area contributed by atoms with E-state index in [-0.39, 0.29) is 11.9 Å². The van der Waals surface area contributed by atoms with Gasteiger partial charge in [-0.2, -0.15) is 0 Å². The molecule has 22 heavy (non-hydrogen) atoms. The Hall–Kier alpha value is -2.40. The van der Waals surface area contributed by atoms with Gasteiger partial charge in [-0.3, -0.25) is 4.79 Å². The van der Waals surface area contributed by atoms with Crippen molar-refractivity contribution in [2.45, 2.75) is 19.4 Å². The number of hydrogen-bond acceptors (Lipinski definition) is 3. The van der Waals surface area contributed by atoms with Crippen LogP contribution in [0.5, 0.6) is 0 Å². The van der Waals surface area contributed by atoms with E-state index in [1.807, 2.05) is 53.4 Å². The van der Waals surface area contributed by atoms with Crippen LogP contribution in [0, 0.1) is 0 Å². The monoisotopic (exact) mass is 311 g/mol. The van der Waals surface area contributed by atoms with Crippen LogP contribution in [-0.2, 0) is 11.2 Å². The maximum atomic E-state index is 12.1. The second kappa shape index (κ2) is 6.58. The van der Waals surface area contributed by atoms with Crippen LogP contribution in [0.15, 0.2) is 60.5 Å². The number of nitrogens with one attached hydrogen (secondary N) is 1. The van der Waals surface area contributed by atoms with Crippen LogP contribution in [-0.4, -0.2) is 15.5 Å². The molecule has 2 heterocycles. The zero-order valence-electron chi connectivity index (χ0n) is 12.3. The smallest absolute Gasteiger partial charge is 0.225 e. The van der Waals surface area contributed by atoms with Gasteiger partial charge in [0.2, 0.25) is 5.91 Å². The minimum atomic E-state index is -0.0315. The lowest BCUT2D eigenvalue weighted by Gasteiger charge is -2.15. The highest BCUT2D eigenvalue weighted by Gasteiger charge is 2.11. The van der Waals surface area contributed by atoms with Crippen LogP contribution >= 0.6 is 11.3 Å². The third-order valence-electron chi connectivity index (χ3n) is 3.47. The van der Waals surface area contributed by atoms with Gasteiger partial charge in [0.25, 0.3) is 0 Å². The molecule has 0 aliphatic rings. The normalized spacial score (nSPS) is 12.0. The average molecular weight is 311 g/mol. The van der Waals surface area contributed by atoms with Crippen LogP contribution in [0.25, 0.3) is 5.69 Å². The molecule has 0 saturated heterocycles. The molecule has 0 saturated carbocycles. The number of nitrogens with zero attached hydrogens (tertiary/aromatic N) is 2. The Morgan fingerprint density at radius 1 is 1.36 bits per heavy atom. The van der Waals surface area contributed by atoms with Crippen molar-refractivity contribution < 1.29 is 4.79 Å². The van der Waals surface area contributed by atoms with Crippen LogP contribution in [0.2, 0.25) is 0 Å². The molecule has 5 heteroatoms. The number of aromatic nitrogens is 2. The summed E-state index contributed by atoms with van der Waals surface area (Å²) < 4.78 is 1.95. The maximum absolute atomic E-state index is 12.1. The molecular formula is C17H17N3OS. The van der Waals surface area contributed by atoms with E-state index in [0.717, 1.165) is 16.1 Å². The summed E-state index contributed by atoms with van der Waals surface area (Å²) >= 11 is 1.60. The fraction of sp³-hybridized carbons (Fsp3) is 0.176. The summed E-state index contributed by atoms with van der Waals surface area (Å²) in [5.74, 6) is 0.0444. The standard InChI is InChI=1S/C17H17N3OS/c1-13(19-17(21)11-16-6-3-9-22-16)14-4-2-5-15(10-14)20-8-7-18-12-20/h2-10,12-13H,11H2,1H3,(H,19,21). The molecule has 1 atom stereocenters. The van der Waals surface area contributed by atoms with Crippen molar-refractivity contribution >= 4 is 17.2 Å². The Kier molecular flexibility index (Phi) is 4.34. The lowest BCUT2D eigenvalue weighted by Crippen LogP contribution is -2.27. The lowest BCUT2D eigenvalue weighted by atomic mass is 10.1. The van der Waals surface area contributed by atoms with Gasteiger partial charge in [-0.05, 0) is 36.1 Å². The molecule has 1 aromatic carbocycles. The van der Waals surface area contributed by atoms with Gasteiger partial charge in [-0.1, -0.05) is 18.2 Å². The largest absolute Gasteiger partial charge is 0.349 e. The molecule has 2 aromatic heterocycles. The van der Waals surface area contributed by atoms with Gasteiger partial charge in [-0.15, -0.1) is 11.3 Å². The fourth-order valence-electron chi connectivity index (χ4n) is 2.31. The molecule has 0 fully saturated rings. The van der Waals surface area contributed by atoms with E-state index >= 15 is 0 Å². The second-order valence-electron chi connectivity index (χ2n) is 5.11. The predicted molar refractivity (Wildman–Crippen MR) is 88.1 cm³/mol. The summed E-state index contributed by atoms with van der Waals surface area (Å²) in [6.45, 7) is 2.00. The molecule has 0 spiro atoms. The number of imidazole rings is 1. The van der Waals surface area contributed by atoms with Gasteiger partial charge >= 0.3 is 0 Å². The van der Waals surface area contributed by atoms with Gasteiger partial charge in [0.05, 0.1) is 18.8 Å². The molecule has 4 nitrogen and oxygen atoms in total. The maximum Gasteiger partial charge on any atom is 0.225 e. The summed E-state index contributed by atoms with van der Waals surface area (Å²) in [7, 11) is 0. The molecule has 1 unspecified atom stereocenters. The quantitative estimate of drug-likeness (QED) is 0.785. The summed E-state index contributed by atoms with van der Waals surface area (Å²) in [5.41, 5.74) is 2.11. The molecule has 0 radical (unpaired) electrons. The molecule has 1 N–H and O–H groups in total. The highest BCUT2D eigenvalue weighted by atomic mass is 32.1. The Balaban J connectivity index is 1.68. The van der Waals surface area contributed by atoms with Crippen molar-refractivity contribution in [2.75, 3.05) is 0 Å². The molecule has 3 rings (SSSR count). The number of rotatable bonds is 5. The SMILES string of the molecule is CC(NC(=O)Cc1cccs1)c1cccc(-n2ccnc2)c1. The Morgan fingerprint density at radius 2 is 2.27 bits per heavy atom. The topological polar surface area (TPSA) is 46.9 Å². The molecule has 1 amide bonds. The van der Waals surface area contributed by atoms with Gasteiger partial charge in [0.15, 0.2) is 0 Å². The van der Waals surface area contributed by atoms with Gasteiger partial charge < -0.3 is 9.88 Å². The lowest BCUT2D eigenvalue weighted by molar-refractivity contribution is -0.121. The van der Waals surface area contributed by atoms with E-state index in [2.05, 4.69) is 16.4 Å². The van der Waals surface area contributed by atoms with Gasteiger partial charge in [-0.25, -0.2) is 4.98 Å². The van der Waals surface area contributed by atoms with Crippen molar-refractivity contribution in [3.05, 3.63) is 70.9 Å². The Labute approximate surface area is 133 Å². The van der Waals surface area contributed by atoms with E-state index in [0.29, 0.717) is 6.42 Å². The number of hydrogen-bond donors (Lipinski definition) is 1. The van der Waals surface area contributed by atoms with Crippen molar-refractivity contribution in [3.63, 3.8) is 0 Å². The predicted octanol–water partition coefficient (Wildman–Crippen LogP) is 3.35. The first kappa shape index (κ1) is 14.5. The van der Waals surface area contributed by atoms with Crippen molar-refractivity contribution in [2.24, 2.45) is 0 Å². The van der Waals surface area contributed by atoms with Gasteiger partial charge in [0, 0.05) is 23.0 Å². The van der Waals surface area contributed by atoms with Crippen molar-refractivity contribution in [1.82, 2.24) is 14.9 Å². The van der Waals surface area contributed by atoms with E-state index in [1.165, 1.54) is 0 Å². The number of carbonyl (C=O) groups excluding carboxylic acids is 1. The van der Waals surface area contributed by atoms with Crippen LogP contribution in [0.3, 0.4) is 0 Å². The van der Waals surface area contributed by atoms with E-state index in [4.69, 9.17) is 0 Å². The number of amides is 1. The van der Waals surface area contributed by atoms with Gasteiger partial charge in [0.1, 0.15) is 0 Å². The van der Waals surface area contributed by atoms with E-state index < -0.39 is 0 Å². The van der Waals surface area contributed by atoms with E-state index in [1.54, 1.807) is 23.9 Å². The minimum absolute atomic E-state index is 0.0315. The summed E-state index contributed by atoms with van der Waals surface area (Å²) in [4.78, 5) is 17.2. The molecule has 0 bridgehead atoms. The fourth-order valence-corrected chi connectivity index (χ4v) is 3.02. The number of benzene rings is 1. The zero-order valence-corrected chi connectivity index (χ0v) is 13.1. The highest BCUT2D eigenvalue weighted by Crippen LogP contribution is 2.17. The molecule has 3 aromatic rings. The van der Waals surface area contributed by atoms with Crippen LogP contribution < -0.4 is 5.32 Å². The van der Waals surface area contributed by atoms with Crippen LogP contribution in [0.4, 0.5) is 0 Å². The number of thiophene rings is 1. The third kappa shape index (κ3) is 3.43. The zero-order chi connectivity index (χ0) is 15.4. The average Bonchev–Trinajstić information content (AvgIpc) is 3.20. The molecule has 0 aliphatic heterocycles. The van der Waals surface area contributed by atoms with Crippen LogP contribution in [0.1, 0.15) is 23.4 Å². The molecular weight excluding hydrogens is 294 g/mol. The first-order chi connectivity index (χ1) is 10.7. The highest BCUT2D eigenvalue weighted by molar-refractivity contribution is 7.10. The van der Waals surface area contributed by atoms with E-state index in [9.17, 15) is 4.79 Å². The second-order valence-corrected chi connectivity index (χ2v) is 6.14. The Bertz CT molecular complexity index is 735. The third-order valence-corrected chi connectivity index (χ3v) is 4.34. The molecule has 0 aliphatic carbocycles. The first-order valence-corrected chi connectivity index (χ1v) is 8.00. The summed E-state index contributed by atoms with van der Waals surface area (Å²) in [6.07, 6.45) is 5.85. The Morgan fingerprint density at radius 3 is 3.00 bits per heavy atom. The minimum Gasteiger partial charge on any atom is -0.349 e. The van der Waals surface area contributed by atoms with Crippen molar-refractivity contribution in [1.29, 1.82) is 0 Å². The summed E-state index contributed by atoms with van der Waals surface area (Å²) in [6, 6.07) is 12.0. The number of carbonyl (C=O) groups is 1. The molecule has 112 valence electrons. The van der Waals surface area contributed by atoms with Crippen molar-refractivity contribution in [3.8, 4) is 5.69 Å². The first-order valence-electron chi connectivity index (χ1n) is 7.12. The summed E-state index contributed by atoms with van der Waals surface area (Å²) in [5, 5.41) is 5.04.